The van der Waals surface area contributed by atoms with Gasteiger partial charge in [-0.2, -0.15) is 5.10 Å². The van der Waals surface area contributed by atoms with Crippen LogP contribution in [0.15, 0.2) is 18.2 Å². The van der Waals surface area contributed by atoms with Crippen LogP contribution in [-0.2, 0) is 0 Å². The number of nitrogens with one attached hydrogen (secondary N) is 1. The normalized spacial score (nSPS) is 10.6. The fourth-order valence-corrected chi connectivity index (χ4v) is 1.43. The number of hydrogen-bond acceptors (Lipinski definition) is 2. The summed E-state index contributed by atoms with van der Waals surface area (Å²) in [6, 6.07) is 3.32. The highest BCUT2D eigenvalue weighted by Crippen LogP contribution is 2.28. The molecule has 0 saturated carbocycles. The highest BCUT2D eigenvalue weighted by molar-refractivity contribution is 6.31. The summed E-state index contributed by atoms with van der Waals surface area (Å²) in [5.41, 5.74) is 5.64. The van der Waals surface area contributed by atoms with Crippen molar-refractivity contribution < 1.29 is 8.78 Å². The lowest BCUT2D eigenvalue weighted by atomic mass is 10.1. The van der Waals surface area contributed by atoms with Crippen LogP contribution in [0.3, 0.4) is 0 Å². The molecule has 0 atom stereocenters. The minimum Gasteiger partial charge on any atom is -0.382 e. The zero-order chi connectivity index (χ0) is 11.0. The van der Waals surface area contributed by atoms with Gasteiger partial charge in [0.15, 0.2) is 5.82 Å². The Labute approximate surface area is 88.9 Å². The largest absolute Gasteiger partial charge is 0.382 e. The fourth-order valence-electron chi connectivity index (χ4n) is 1.23. The highest BCUT2D eigenvalue weighted by atomic mass is 35.5. The molecule has 1 heterocycles. The number of rotatable bonds is 1. The summed E-state index contributed by atoms with van der Waals surface area (Å²) in [7, 11) is 0. The fraction of sp³-hybridized carbons (Fsp3) is 0. The first kappa shape index (κ1) is 9.92. The molecule has 0 fully saturated rings. The van der Waals surface area contributed by atoms with E-state index in [0.717, 1.165) is 12.1 Å². The average Bonchev–Trinajstić information content (AvgIpc) is 2.58. The number of H-pyrrole nitrogens is 1. The molecule has 0 aliphatic rings. The number of hydrogen-bond donors (Lipinski definition) is 2. The molecule has 0 aliphatic carbocycles. The lowest BCUT2D eigenvalue weighted by Gasteiger charge is -2.01. The second-order valence-electron chi connectivity index (χ2n) is 2.96. The monoisotopic (exact) mass is 229 g/mol. The summed E-state index contributed by atoms with van der Waals surface area (Å²) in [5.74, 6) is -1.13. The Morgan fingerprint density at radius 2 is 2.00 bits per heavy atom. The molecule has 0 saturated heterocycles. The Kier molecular flexibility index (Phi) is 2.32. The molecule has 1 aromatic carbocycles. The first-order valence-electron chi connectivity index (χ1n) is 4.03. The summed E-state index contributed by atoms with van der Waals surface area (Å²) >= 11 is 5.50. The number of aromatic nitrogens is 2. The van der Waals surface area contributed by atoms with Crippen molar-refractivity contribution >= 4 is 17.4 Å². The van der Waals surface area contributed by atoms with Crippen LogP contribution in [0.2, 0.25) is 5.02 Å². The third-order valence-corrected chi connectivity index (χ3v) is 2.16. The van der Waals surface area contributed by atoms with Crippen LogP contribution in [0.5, 0.6) is 0 Å². The third kappa shape index (κ3) is 1.78. The Morgan fingerprint density at radius 3 is 2.60 bits per heavy atom. The van der Waals surface area contributed by atoms with Crippen LogP contribution in [0.1, 0.15) is 0 Å². The van der Waals surface area contributed by atoms with E-state index in [0.29, 0.717) is 0 Å². The number of nitrogens with zero attached hydrogens (tertiary/aromatic N) is 1. The summed E-state index contributed by atoms with van der Waals surface area (Å²) in [5, 5.41) is 5.81. The van der Waals surface area contributed by atoms with Gasteiger partial charge in [0, 0.05) is 11.6 Å². The number of halogens is 3. The Bertz CT molecular complexity index is 510. The second-order valence-corrected chi connectivity index (χ2v) is 3.36. The van der Waals surface area contributed by atoms with E-state index in [1.165, 1.54) is 6.07 Å². The summed E-state index contributed by atoms with van der Waals surface area (Å²) < 4.78 is 26.5. The molecule has 1 aromatic heterocycles. The van der Waals surface area contributed by atoms with Gasteiger partial charge in [-0.25, -0.2) is 8.78 Å². The molecule has 15 heavy (non-hydrogen) atoms. The zero-order valence-electron chi connectivity index (χ0n) is 7.39. The number of nitrogen functional groups attached to an aromatic ring is 1. The first-order chi connectivity index (χ1) is 7.08. The van der Waals surface area contributed by atoms with Crippen molar-refractivity contribution in [2.24, 2.45) is 0 Å². The molecule has 2 aromatic rings. The smallest absolute Gasteiger partial charge is 0.151 e. The summed E-state index contributed by atoms with van der Waals surface area (Å²) in [4.78, 5) is 0. The predicted octanol–water partition coefficient (Wildman–Crippen LogP) is 2.59. The first-order valence-corrected chi connectivity index (χ1v) is 4.41. The SMILES string of the molecule is Nc1cc(-c2cc(F)cc(Cl)c2F)[nH]n1. The van der Waals surface area contributed by atoms with Crippen LogP contribution >= 0.6 is 11.6 Å². The minimum absolute atomic E-state index is 0.00389. The number of nitrogens with two attached hydrogens (primary N) is 1. The topological polar surface area (TPSA) is 54.7 Å². The van der Waals surface area contributed by atoms with E-state index < -0.39 is 11.6 Å². The summed E-state index contributed by atoms with van der Waals surface area (Å²) in [6.45, 7) is 0. The highest BCUT2D eigenvalue weighted by Gasteiger charge is 2.13. The quantitative estimate of drug-likeness (QED) is 0.739. The van der Waals surface area contributed by atoms with E-state index in [9.17, 15) is 8.78 Å². The van der Waals surface area contributed by atoms with Crippen LogP contribution in [0, 0.1) is 11.6 Å². The van der Waals surface area contributed by atoms with Gasteiger partial charge in [0.2, 0.25) is 0 Å². The zero-order valence-corrected chi connectivity index (χ0v) is 8.15. The van der Waals surface area contributed by atoms with Crippen LogP contribution < -0.4 is 5.73 Å². The average molecular weight is 230 g/mol. The van der Waals surface area contributed by atoms with Crippen molar-refractivity contribution in [1.29, 1.82) is 0 Å². The van der Waals surface area contributed by atoms with Crippen LogP contribution in [-0.4, -0.2) is 10.2 Å². The summed E-state index contributed by atoms with van der Waals surface area (Å²) in [6.07, 6.45) is 0. The van der Waals surface area contributed by atoms with Crippen molar-refractivity contribution in [2.75, 3.05) is 5.73 Å². The van der Waals surface area contributed by atoms with E-state index in [1.54, 1.807) is 0 Å². The molecule has 0 radical (unpaired) electrons. The van der Waals surface area contributed by atoms with Gasteiger partial charge in [-0.15, -0.1) is 0 Å². The standard InChI is InChI=1S/C9H6ClF2N3/c10-6-2-4(11)1-5(9(6)12)7-3-8(13)15-14-7/h1-3H,(H3,13,14,15). The molecule has 0 unspecified atom stereocenters. The van der Waals surface area contributed by atoms with Gasteiger partial charge in [0.1, 0.15) is 11.6 Å². The predicted molar refractivity (Wildman–Crippen MR) is 53.4 cm³/mol. The molecular formula is C9H6ClF2N3. The van der Waals surface area contributed by atoms with E-state index >= 15 is 0 Å². The maximum atomic E-state index is 13.5. The molecule has 2 rings (SSSR count). The minimum atomic E-state index is -0.707. The molecule has 0 amide bonds. The maximum absolute atomic E-state index is 13.5. The van der Waals surface area contributed by atoms with Crippen molar-refractivity contribution in [3.8, 4) is 11.3 Å². The van der Waals surface area contributed by atoms with Crippen molar-refractivity contribution in [1.82, 2.24) is 10.2 Å². The third-order valence-electron chi connectivity index (χ3n) is 1.88. The van der Waals surface area contributed by atoms with Crippen LogP contribution in [0.25, 0.3) is 11.3 Å². The van der Waals surface area contributed by atoms with E-state index in [1.807, 2.05) is 0 Å². The van der Waals surface area contributed by atoms with E-state index in [4.69, 9.17) is 17.3 Å². The van der Waals surface area contributed by atoms with Gasteiger partial charge in [0.25, 0.3) is 0 Å². The molecule has 3 N–H and O–H groups in total. The number of aromatic amines is 1. The molecule has 78 valence electrons. The maximum Gasteiger partial charge on any atom is 0.151 e. The van der Waals surface area contributed by atoms with E-state index in [-0.39, 0.29) is 22.1 Å². The van der Waals surface area contributed by atoms with Gasteiger partial charge >= 0.3 is 0 Å². The molecule has 0 aliphatic heterocycles. The van der Waals surface area contributed by atoms with Gasteiger partial charge in [-0.1, -0.05) is 11.6 Å². The lowest BCUT2D eigenvalue weighted by molar-refractivity contribution is 0.603. The Morgan fingerprint density at radius 1 is 1.27 bits per heavy atom. The van der Waals surface area contributed by atoms with Crippen molar-refractivity contribution in [3.63, 3.8) is 0 Å². The molecule has 3 nitrogen and oxygen atoms in total. The van der Waals surface area contributed by atoms with Gasteiger partial charge < -0.3 is 5.73 Å². The molecule has 6 heteroatoms. The molecule has 0 bridgehead atoms. The number of anilines is 1. The molecule has 0 spiro atoms. The van der Waals surface area contributed by atoms with Crippen molar-refractivity contribution in [3.05, 3.63) is 34.9 Å². The van der Waals surface area contributed by atoms with E-state index in [2.05, 4.69) is 10.2 Å². The Hall–Kier alpha value is -1.62. The van der Waals surface area contributed by atoms with Gasteiger partial charge in [-0.3, -0.25) is 5.10 Å². The van der Waals surface area contributed by atoms with Gasteiger partial charge in [0.05, 0.1) is 10.7 Å². The van der Waals surface area contributed by atoms with Gasteiger partial charge in [-0.05, 0) is 12.1 Å². The Balaban J connectivity index is 2.62. The second kappa shape index (κ2) is 3.51. The number of benzene rings is 1. The lowest BCUT2D eigenvalue weighted by Crippen LogP contribution is -1.88. The molecular weight excluding hydrogens is 224 g/mol. The van der Waals surface area contributed by atoms with Crippen LogP contribution in [0.4, 0.5) is 14.6 Å². The van der Waals surface area contributed by atoms with Crippen molar-refractivity contribution in [2.45, 2.75) is 0 Å².